The number of aromatic nitrogens is 1. The lowest BCUT2D eigenvalue weighted by molar-refractivity contribution is -0.149. The number of nitrogens with zero attached hydrogens (tertiary/aromatic N) is 1. The molecule has 0 radical (unpaired) electrons. The number of anilines is 1. The molecule has 0 spiro atoms. The second-order valence-corrected chi connectivity index (χ2v) is 11.1. The molecule has 1 N–H and O–H groups in total. The van der Waals surface area contributed by atoms with Gasteiger partial charge in [0.1, 0.15) is 10.4 Å². The number of rotatable bonds is 5. The Morgan fingerprint density at radius 1 is 0.971 bits per heavy atom. The fraction of sp³-hybridized carbons (Fsp3) is 0.393. The molecule has 4 rings (SSSR count). The summed E-state index contributed by atoms with van der Waals surface area (Å²) >= 11 is 1.56. The average molecular weight is 477 g/mol. The van der Waals surface area contributed by atoms with Crippen molar-refractivity contribution in [3.05, 3.63) is 70.9 Å². The maximum atomic E-state index is 12.7. The molecular weight excluding hydrogens is 444 g/mol. The Balaban J connectivity index is 1.47. The molecule has 178 valence electrons. The summed E-state index contributed by atoms with van der Waals surface area (Å²) in [5.74, 6) is -0.313. The molecule has 1 amide bonds. The molecule has 0 atom stereocenters. The molecular formula is C28H32N2O3S. The van der Waals surface area contributed by atoms with Gasteiger partial charge in [0, 0.05) is 17.4 Å². The first-order valence-electron chi connectivity index (χ1n) is 11.8. The number of benzene rings is 2. The maximum Gasteiger partial charge on any atom is 0.318 e. The van der Waals surface area contributed by atoms with Gasteiger partial charge in [-0.1, -0.05) is 64.3 Å². The number of amides is 1. The summed E-state index contributed by atoms with van der Waals surface area (Å²) in [5, 5.41) is 3.81. The van der Waals surface area contributed by atoms with Crippen LogP contribution in [0.1, 0.15) is 73.8 Å². The Morgan fingerprint density at radius 2 is 1.62 bits per heavy atom. The number of hydrogen-bond donors (Lipinski definition) is 1. The van der Waals surface area contributed by atoms with Crippen molar-refractivity contribution in [3.63, 3.8) is 0 Å². The average Bonchev–Trinajstić information content (AvgIpc) is 3.35. The summed E-state index contributed by atoms with van der Waals surface area (Å²) in [6, 6.07) is 15.5. The lowest BCUT2D eigenvalue weighted by Crippen LogP contribution is -2.38. The number of thiazole rings is 1. The zero-order chi connectivity index (χ0) is 24.3. The zero-order valence-corrected chi connectivity index (χ0v) is 21.1. The van der Waals surface area contributed by atoms with Crippen LogP contribution in [0.4, 0.5) is 5.69 Å². The molecule has 5 nitrogen and oxygen atoms in total. The fourth-order valence-electron chi connectivity index (χ4n) is 4.53. The Kier molecular flexibility index (Phi) is 6.89. The van der Waals surface area contributed by atoms with Gasteiger partial charge in [-0.15, -0.1) is 11.3 Å². The van der Waals surface area contributed by atoms with Crippen molar-refractivity contribution in [1.29, 1.82) is 0 Å². The van der Waals surface area contributed by atoms with Crippen LogP contribution in [0.15, 0.2) is 54.7 Å². The van der Waals surface area contributed by atoms with E-state index in [1.54, 1.807) is 11.3 Å². The number of methoxy groups -OCH3 is 1. The molecule has 1 heterocycles. The Labute approximate surface area is 205 Å². The second kappa shape index (κ2) is 9.71. The first kappa shape index (κ1) is 24.1. The van der Waals surface area contributed by atoms with Gasteiger partial charge in [-0.25, -0.2) is 4.98 Å². The summed E-state index contributed by atoms with van der Waals surface area (Å²) in [6.45, 7) is 6.46. The van der Waals surface area contributed by atoms with Crippen LogP contribution >= 0.6 is 11.3 Å². The molecule has 3 aromatic rings. The van der Waals surface area contributed by atoms with E-state index in [2.05, 4.69) is 31.1 Å². The minimum Gasteiger partial charge on any atom is -0.468 e. The third-order valence-electron chi connectivity index (χ3n) is 6.64. The molecule has 2 aromatic carbocycles. The molecule has 34 heavy (non-hydrogen) atoms. The molecule has 1 aromatic heterocycles. The first-order valence-corrected chi connectivity index (χ1v) is 12.6. The molecule has 1 fully saturated rings. The van der Waals surface area contributed by atoms with Crippen molar-refractivity contribution in [2.75, 3.05) is 12.4 Å². The van der Waals surface area contributed by atoms with Crippen LogP contribution in [-0.4, -0.2) is 24.0 Å². The van der Waals surface area contributed by atoms with Crippen molar-refractivity contribution in [2.45, 2.75) is 63.7 Å². The van der Waals surface area contributed by atoms with Gasteiger partial charge in [-0.05, 0) is 53.6 Å². The van der Waals surface area contributed by atoms with Crippen LogP contribution in [0.2, 0.25) is 0 Å². The van der Waals surface area contributed by atoms with Crippen molar-refractivity contribution >= 4 is 28.9 Å². The largest absolute Gasteiger partial charge is 0.468 e. The van der Waals surface area contributed by atoms with E-state index in [0.717, 1.165) is 53.2 Å². The standard InChI is InChI=1S/C28H32N2O3S/c1-27(2,3)21-12-8-20(9-13-21)24(31)30-22-14-10-19(11-15-22)23-18-29-25(34-23)28(26(32)33-4)16-6-5-7-17-28/h8-15,18H,5-7,16-17H2,1-4H3,(H,30,31). The molecule has 0 unspecified atom stereocenters. The van der Waals surface area contributed by atoms with Gasteiger partial charge in [0.15, 0.2) is 0 Å². The highest BCUT2D eigenvalue weighted by molar-refractivity contribution is 7.15. The Morgan fingerprint density at radius 3 is 2.21 bits per heavy atom. The van der Waals surface area contributed by atoms with Crippen LogP contribution in [-0.2, 0) is 20.4 Å². The third kappa shape index (κ3) is 4.92. The highest BCUT2D eigenvalue weighted by atomic mass is 32.1. The molecule has 6 heteroatoms. The number of carbonyl (C=O) groups is 2. The van der Waals surface area contributed by atoms with Crippen LogP contribution in [0.25, 0.3) is 10.4 Å². The van der Waals surface area contributed by atoms with Gasteiger partial charge < -0.3 is 10.1 Å². The van der Waals surface area contributed by atoms with Gasteiger partial charge in [-0.2, -0.15) is 0 Å². The minimum atomic E-state index is -0.619. The molecule has 1 saturated carbocycles. The highest BCUT2D eigenvalue weighted by Gasteiger charge is 2.44. The van der Waals surface area contributed by atoms with Crippen molar-refractivity contribution in [1.82, 2.24) is 4.98 Å². The summed E-state index contributed by atoms with van der Waals surface area (Å²) in [5.41, 5.74) is 2.99. The smallest absolute Gasteiger partial charge is 0.318 e. The lowest BCUT2D eigenvalue weighted by atomic mass is 9.74. The number of carbonyl (C=O) groups excluding carboxylic acids is 2. The van der Waals surface area contributed by atoms with Crippen LogP contribution in [0.3, 0.4) is 0 Å². The summed E-state index contributed by atoms with van der Waals surface area (Å²) in [4.78, 5) is 31.0. The van der Waals surface area contributed by atoms with Crippen LogP contribution in [0.5, 0.6) is 0 Å². The summed E-state index contributed by atoms with van der Waals surface area (Å²) < 4.78 is 5.16. The van der Waals surface area contributed by atoms with E-state index >= 15 is 0 Å². The van der Waals surface area contributed by atoms with Crippen molar-refractivity contribution in [3.8, 4) is 10.4 Å². The fourth-order valence-corrected chi connectivity index (χ4v) is 5.68. The van der Waals surface area contributed by atoms with Gasteiger partial charge in [0.05, 0.1) is 12.0 Å². The van der Waals surface area contributed by atoms with E-state index in [1.807, 2.05) is 54.7 Å². The van der Waals surface area contributed by atoms with E-state index in [9.17, 15) is 9.59 Å². The predicted octanol–water partition coefficient (Wildman–Crippen LogP) is 6.73. The van der Waals surface area contributed by atoms with Crippen LogP contribution in [0, 0.1) is 0 Å². The van der Waals surface area contributed by atoms with E-state index in [4.69, 9.17) is 4.74 Å². The minimum absolute atomic E-state index is 0.0504. The quantitative estimate of drug-likeness (QED) is 0.414. The third-order valence-corrected chi connectivity index (χ3v) is 7.89. The van der Waals surface area contributed by atoms with E-state index in [0.29, 0.717) is 5.56 Å². The van der Waals surface area contributed by atoms with Gasteiger partial charge in [0.2, 0.25) is 0 Å². The lowest BCUT2D eigenvalue weighted by Gasteiger charge is -2.32. The molecule has 1 aliphatic rings. The summed E-state index contributed by atoms with van der Waals surface area (Å²) in [7, 11) is 1.46. The molecule has 0 bridgehead atoms. The zero-order valence-electron chi connectivity index (χ0n) is 20.3. The maximum absolute atomic E-state index is 12.7. The Hall–Kier alpha value is -2.99. The number of nitrogens with one attached hydrogen (secondary N) is 1. The van der Waals surface area contributed by atoms with Gasteiger partial charge in [-0.3, -0.25) is 9.59 Å². The number of esters is 1. The normalized spacial score (nSPS) is 15.5. The topological polar surface area (TPSA) is 68.3 Å². The first-order chi connectivity index (χ1) is 16.2. The van der Waals surface area contributed by atoms with E-state index < -0.39 is 5.41 Å². The molecule has 0 saturated heterocycles. The number of ether oxygens (including phenoxy) is 1. The van der Waals surface area contributed by atoms with Gasteiger partial charge in [0.25, 0.3) is 5.91 Å². The summed E-state index contributed by atoms with van der Waals surface area (Å²) in [6.07, 6.45) is 6.58. The molecule has 0 aliphatic heterocycles. The second-order valence-electron chi connectivity index (χ2n) is 10.0. The van der Waals surface area contributed by atoms with E-state index in [-0.39, 0.29) is 17.3 Å². The predicted molar refractivity (Wildman–Crippen MR) is 137 cm³/mol. The van der Waals surface area contributed by atoms with Crippen LogP contribution < -0.4 is 5.32 Å². The van der Waals surface area contributed by atoms with E-state index in [1.165, 1.54) is 12.7 Å². The van der Waals surface area contributed by atoms with Gasteiger partial charge >= 0.3 is 5.97 Å². The monoisotopic (exact) mass is 476 g/mol. The number of hydrogen-bond acceptors (Lipinski definition) is 5. The highest BCUT2D eigenvalue weighted by Crippen LogP contribution is 2.43. The Bertz CT molecular complexity index is 1150. The van der Waals surface area contributed by atoms with Crippen molar-refractivity contribution in [2.24, 2.45) is 0 Å². The SMILES string of the molecule is COC(=O)C1(c2ncc(-c3ccc(NC(=O)c4ccc(C(C)(C)C)cc4)cc3)s2)CCCCC1. The molecule has 1 aliphatic carbocycles. The van der Waals surface area contributed by atoms with Crippen molar-refractivity contribution < 1.29 is 14.3 Å².